The second kappa shape index (κ2) is 7.48. The van der Waals surface area contributed by atoms with Gasteiger partial charge >= 0.3 is 0 Å². The molecule has 150 valence electrons. The Hall–Kier alpha value is -1.51. The SMILES string of the molecule is CC(C)(C)NS(=O)(=O)c1cc(NC(=O)CC2CC3CCC(C2)N3)ccc1F. The molecule has 2 unspecified atom stereocenters. The number of piperidine rings is 1. The van der Waals surface area contributed by atoms with Crippen LogP contribution in [-0.4, -0.2) is 31.9 Å². The number of hydrogen-bond donors (Lipinski definition) is 3. The fourth-order valence-corrected chi connectivity index (χ4v) is 5.58. The highest BCUT2D eigenvalue weighted by molar-refractivity contribution is 7.89. The second-order valence-corrected chi connectivity index (χ2v) is 10.4. The Morgan fingerprint density at radius 1 is 1.22 bits per heavy atom. The maximum Gasteiger partial charge on any atom is 0.244 e. The Labute approximate surface area is 160 Å². The van der Waals surface area contributed by atoms with Crippen molar-refractivity contribution in [2.75, 3.05) is 5.32 Å². The molecule has 2 bridgehead atoms. The van der Waals surface area contributed by atoms with Crippen LogP contribution in [0.5, 0.6) is 0 Å². The number of anilines is 1. The lowest BCUT2D eigenvalue weighted by atomic mass is 9.89. The predicted molar refractivity (Wildman–Crippen MR) is 102 cm³/mol. The van der Waals surface area contributed by atoms with E-state index in [1.165, 1.54) is 25.0 Å². The summed E-state index contributed by atoms with van der Waals surface area (Å²) in [5.41, 5.74) is -0.452. The van der Waals surface area contributed by atoms with Gasteiger partial charge in [-0.25, -0.2) is 17.5 Å². The third-order valence-electron chi connectivity index (χ3n) is 4.99. The fraction of sp³-hybridized carbons (Fsp3) is 0.632. The Balaban J connectivity index is 1.67. The summed E-state index contributed by atoms with van der Waals surface area (Å²) in [5.74, 6) is -0.685. The van der Waals surface area contributed by atoms with Crippen LogP contribution in [0.15, 0.2) is 23.1 Å². The molecular weight excluding hydrogens is 369 g/mol. The molecule has 8 heteroatoms. The summed E-state index contributed by atoms with van der Waals surface area (Å²) in [7, 11) is -4.03. The Bertz CT molecular complexity index is 808. The first-order valence-corrected chi connectivity index (χ1v) is 10.9. The lowest BCUT2D eigenvalue weighted by molar-refractivity contribution is -0.117. The molecule has 0 aromatic heterocycles. The normalized spacial score (nSPS) is 25.4. The largest absolute Gasteiger partial charge is 0.326 e. The lowest BCUT2D eigenvalue weighted by Gasteiger charge is -2.28. The number of carbonyl (C=O) groups excluding carboxylic acids is 1. The van der Waals surface area contributed by atoms with Crippen molar-refractivity contribution in [3.05, 3.63) is 24.0 Å². The quantitative estimate of drug-likeness (QED) is 0.713. The van der Waals surface area contributed by atoms with Crippen LogP contribution in [0.4, 0.5) is 10.1 Å². The molecule has 0 aliphatic carbocycles. The molecule has 27 heavy (non-hydrogen) atoms. The van der Waals surface area contributed by atoms with E-state index in [1.807, 2.05) is 0 Å². The predicted octanol–water partition coefficient (Wildman–Crippen LogP) is 2.76. The number of amides is 1. The molecule has 3 N–H and O–H groups in total. The molecule has 2 atom stereocenters. The first kappa shape index (κ1) is 20.2. The third kappa shape index (κ3) is 5.27. The van der Waals surface area contributed by atoms with Crippen LogP contribution in [0, 0.1) is 11.7 Å². The zero-order valence-corrected chi connectivity index (χ0v) is 16.8. The maximum atomic E-state index is 14.1. The van der Waals surface area contributed by atoms with Gasteiger partial charge in [0.05, 0.1) is 0 Å². The molecule has 1 amide bonds. The summed E-state index contributed by atoms with van der Waals surface area (Å²) >= 11 is 0. The van der Waals surface area contributed by atoms with Crippen molar-refractivity contribution in [2.24, 2.45) is 5.92 Å². The van der Waals surface area contributed by atoms with Crippen molar-refractivity contribution < 1.29 is 17.6 Å². The summed E-state index contributed by atoms with van der Waals surface area (Å²) in [6.45, 7) is 5.04. The van der Waals surface area contributed by atoms with Gasteiger partial charge < -0.3 is 10.6 Å². The molecule has 2 saturated heterocycles. The van der Waals surface area contributed by atoms with Crippen LogP contribution < -0.4 is 15.4 Å². The zero-order valence-electron chi connectivity index (χ0n) is 16.0. The van der Waals surface area contributed by atoms with Gasteiger partial charge in [-0.1, -0.05) is 0 Å². The Morgan fingerprint density at radius 2 is 1.85 bits per heavy atom. The highest BCUT2D eigenvalue weighted by atomic mass is 32.2. The van der Waals surface area contributed by atoms with Gasteiger partial charge in [0, 0.05) is 29.7 Å². The van der Waals surface area contributed by atoms with Gasteiger partial charge in [-0.15, -0.1) is 0 Å². The van der Waals surface area contributed by atoms with E-state index in [2.05, 4.69) is 15.4 Å². The van der Waals surface area contributed by atoms with Gasteiger partial charge in [-0.05, 0) is 70.6 Å². The first-order valence-electron chi connectivity index (χ1n) is 9.41. The van der Waals surface area contributed by atoms with Crippen molar-refractivity contribution in [3.8, 4) is 0 Å². The topological polar surface area (TPSA) is 87.3 Å². The number of rotatable bonds is 5. The lowest BCUT2D eigenvalue weighted by Crippen LogP contribution is -2.40. The standard InChI is InChI=1S/C19H28FN3O3S/c1-19(2,3)23-27(25,26)17-11-15(6-7-16(17)20)22-18(24)10-12-8-13-4-5-14(9-12)21-13/h6-7,11-14,21,23H,4-5,8-10H2,1-3H3,(H,22,24). The number of benzene rings is 1. The Morgan fingerprint density at radius 3 is 2.44 bits per heavy atom. The smallest absolute Gasteiger partial charge is 0.244 e. The number of nitrogens with one attached hydrogen (secondary N) is 3. The average Bonchev–Trinajstić information content (AvgIpc) is 2.85. The number of sulfonamides is 1. The second-order valence-electron chi connectivity index (χ2n) is 8.73. The minimum Gasteiger partial charge on any atom is -0.326 e. The summed E-state index contributed by atoms with van der Waals surface area (Å²) in [6.07, 6.45) is 4.71. The third-order valence-corrected chi connectivity index (χ3v) is 6.76. The molecular formula is C19H28FN3O3S. The molecule has 2 fully saturated rings. The van der Waals surface area contributed by atoms with E-state index < -0.39 is 26.3 Å². The molecule has 1 aromatic rings. The van der Waals surface area contributed by atoms with Crippen molar-refractivity contribution in [1.82, 2.24) is 10.0 Å². The van der Waals surface area contributed by atoms with Crippen LogP contribution in [0.2, 0.25) is 0 Å². The summed E-state index contributed by atoms with van der Waals surface area (Å²) in [6, 6.07) is 4.64. The minimum atomic E-state index is -4.03. The maximum absolute atomic E-state index is 14.1. The number of fused-ring (bicyclic) bond motifs is 2. The van der Waals surface area contributed by atoms with Crippen LogP contribution in [0.25, 0.3) is 0 Å². The van der Waals surface area contributed by atoms with Gasteiger partial charge in [-0.3, -0.25) is 4.79 Å². The van der Waals surface area contributed by atoms with E-state index in [1.54, 1.807) is 20.8 Å². The highest BCUT2D eigenvalue weighted by Crippen LogP contribution is 2.33. The van der Waals surface area contributed by atoms with E-state index in [-0.39, 0.29) is 11.6 Å². The highest BCUT2D eigenvalue weighted by Gasteiger charge is 2.34. The van der Waals surface area contributed by atoms with Crippen molar-refractivity contribution in [2.45, 2.75) is 75.4 Å². The molecule has 2 heterocycles. The Kier molecular flexibility index (Phi) is 5.61. The van der Waals surface area contributed by atoms with Crippen LogP contribution in [0.1, 0.15) is 52.9 Å². The molecule has 0 radical (unpaired) electrons. The molecule has 2 aliphatic rings. The van der Waals surface area contributed by atoms with E-state index in [4.69, 9.17) is 0 Å². The molecule has 0 spiro atoms. The zero-order chi connectivity index (χ0) is 19.8. The summed E-state index contributed by atoms with van der Waals surface area (Å²) < 4.78 is 41.4. The van der Waals surface area contributed by atoms with E-state index in [9.17, 15) is 17.6 Å². The minimum absolute atomic E-state index is 0.167. The van der Waals surface area contributed by atoms with Crippen LogP contribution in [-0.2, 0) is 14.8 Å². The summed E-state index contributed by atoms with van der Waals surface area (Å²) in [4.78, 5) is 11.9. The monoisotopic (exact) mass is 397 g/mol. The van der Waals surface area contributed by atoms with Gasteiger partial charge in [-0.2, -0.15) is 0 Å². The van der Waals surface area contributed by atoms with E-state index >= 15 is 0 Å². The fourth-order valence-electron chi connectivity index (χ4n) is 4.06. The van der Waals surface area contributed by atoms with Crippen molar-refractivity contribution in [3.63, 3.8) is 0 Å². The molecule has 3 rings (SSSR count). The summed E-state index contributed by atoms with van der Waals surface area (Å²) in [5, 5.41) is 6.27. The van der Waals surface area contributed by atoms with Gasteiger partial charge in [0.2, 0.25) is 15.9 Å². The molecule has 6 nitrogen and oxygen atoms in total. The number of carbonyl (C=O) groups is 1. The average molecular weight is 398 g/mol. The molecule has 2 aliphatic heterocycles. The van der Waals surface area contributed by atoms with Crippen molar-refractivity contribution >= 4 is 21.6 Å². The number of halogens is 1. The molecule has 0 saturated carbocycles. The molecule has 1 aromatic carbocycles. The van der Waals surface area contributed by atoms with E-state index in [0.29, 0.717) is 24.4 Å². The number of hydrogen-bond acceptors (Lipinski definition) is 4. The van der Waals surface area contributed by atoms with Gasteiger partial charge in [0.1, 0.15) is 10.7 Å². The van der Waals surface area contributed by atoms with Crippen molar-refractivity contribution in [1.29, 1.82) is 0 Å². The van der Waals surface area contributed by atoms with Gasteiger partial charge in [0.25, 0.3) is 0 Å². The van der Waals surface area contributed by atoms with E-state index in [0.717, 1.165) is 18.9 Å². The van der Waals surface area contributed by atoms with Crippen LogP contribution >= 0.6 is 0 Å². The van der Waals surface area contributed by atoms with Gasteiger partial charge in [0.15, 0.2) is 0 Å². The van der Waals surface area contributed by atoms with Crippen LogP contribution in [0.3, 0.4) is 0 Å². The first-order chi connectivity index (χ1) is 12.5.